The van der Waals surface area contributed by atoms with Crippen LogP contribution in [0.25, 0.3) is 0 Å². The third-order valence-electron chi connectivity index (χ3n) is 3.66. The first-order chi connectivity index (χ1) is 11.2. The third-order valence-corrected chi connectivity index (χ3v) is 3.66. The van der Waals surface area contributed by atoms with Crippen LogP contribution in [0.4, 0.5) is 10.1 Å². The third kappa shape index (κ3) is 4.29. The van der Waals surface area contributed by atoms with E-state index in [0.29, 0.717) is 23.6 Å². The highest BCUT2D eigenvalue weighted by Crippen LogP contribution is 2.20. The van der Waals surface area contributed by atoms with Crippen LogP contribution >= 0.6 is 0 Å². The average Bonchev–Trinajstić information content (AvgIpc) is 3.07. The van der Waals surface area contributed by atoms with E-state index in [-0.39, 0.29) is 17.8 Å². The van der Waals surface area contributed by atoms with E-state index < -0.39 is 0 Å². The molecule has 1 saturated heterocycles. The van der Waals surface area contributed by atoms with E-state index in [0.717, 1.165) is 19.4 Å². The van der Waals surface area contributed by atoms with Crippen LogP contribution in [0.2, 0.25) is 0 Å². The summed E-state index contributed by atoms with van der Waals surface area (Å²) >= 11 is 0. The molecule has 0 bridgehead atoms. The van der Waals surface area contributed by atoms with Crippen LogP contribution in [0.1, 0.15) is 23.2 Å². The van der Waals surface area contributed by atoms with Crippen molar-refractivity contribution in [1.82, 2.24) is 0 Å². The summed E-state index contributed by atoms with van der Waals surface area (Å²) in [5.41, 5.74) is 1.03. The quantitative estimate of drug-likeness (QED) is 0.916. The van der Waals surface area contributed by atoms with Gasteiger partial charge < -0.3 is 14.8 Å². The first-order valence-electron chi connectivity index (χ1n) is 7.62. The molecule has 1 fully saturated rings. The van der Waals surface area contributed by atoms with Gasteiger partial charge in [0.15, 0.2) is 0 Å². The minimum Gasteiger partial charge on any atom is -0.491 e. The van der Waals surface area contributed by atoms with Crippen molar-refractivity contribution in [2.45, 2.75) is 18.9 Å². The largest absolute Gasteiger partial charge is 0.491 e. The highest BCUT2D eigenvalue weighted by molar-refractivity contribution is 6.04. The standard InChI is InChI=1S/C18H18FNO3/c19-14-8-6-13(7-9-14)18(21)20-15-3-1-4-16(11-15)23-12-17-5-2-10-22-17/h1,3-4,6-9,11,17H,2,5,10,12H2,(H,20,21)/t17-/m0/s1. The van der Waals surface area contributed by atoms with Crippen molar-refractivity contribution in [3.05, 3.63) is 59.9 Å². The molecule has 3 rings (SSSR count). The minimum absolute atomic E-state index is 0.146. The van der Waals surface area contributed by atoms with E-state index in [1.165, 1.54) is 24.3 Å². The number of amides is 1. The summed E-state index contributed by atoms with van der Waals surface area (Å²) in [5, 5.41) is 2.77. The number of anilines is 1. The van der Waals surface area contributed by atoms with Crippen molar-refractivity contribution < 1.29 is 18.7 Å². The number of rotatable bonds is 5. The summed E-state index contributed by atoms with van der Waals surface area (Å²) in [5.74, 6) is 0.0183. The van der Waals surface area contributed by atoms with Crippen molar-refractivity contribution in [2.75, 3.05) is 18.5 Å². The molecule has 1 atom stereocenters. The molecule has 23 heavy (non-hydrogen) atoms. The van der Waals surface area contributed by atoms with Crippen molar-refractivity contribution in [2.24, 2.45) is 0 Å². The van der Waals surface area contributed by atoms with Crippen LogP contribution in [0.3, 0.4) is 0 Å². The van der Waals surface area contributed by atoms with Gasteiger partial charge in [-0.15, -0.1) is 0 Å². The molecule has 1 amide bonds. The predicted molar refractivity (Wildman–Crippen MR) is 85.3 cm³/mol. The second-order valence-corrected chi connectivity index (χ2v) is 5.43. The Labute approximate surface area is 134 Å². The molecular weight excluding hydrogens is 297 g/mol. The van der Waals surface area contributed by atoms with E-state index in [9.17, 15) is 9.18 Å². The SMILES string of the molecule is O=C(Nc1cccc(OC[C@@H]2CCCO2)c1)c1ccc(F)cc1. The fourth-order valence-corrected chi connectivity index (χ4v) is 2.43. The Morgan fingerprint density at radius 1 is 1.26 bits per heavy atom. The van der Waals surface area contributed by atoms with Gasteiger partial charge in [0.25, 0.3) is 5.91 Å². The molecule has 5 heteroatoms. The second-order valence-electron chi connectivity index (χ2n) is 5.43. The van der Waals surface area contributed by atoms with Gasteiger partial charge in [0.1, 0.15) is 18.2 Å². The summed E-state index contributed by atoms with van der Waals surface area (Å²) in [6, 6.07) is 12.6. The van der Waals surface area contributed by atoms with E-state index in [4.69, 9.17) is 9.47 Å². The molecule has 2 aromatic carbocycles. The molecule has 4 nitrogen and oxygen atoms in total. The Balaban J connectivity index is 1.60. The van der Waals surface area contributed by atoms with Crippen molar-refractivity contribution in [3.8, 4) is 5.75 Å². The normalized spacial score (nSPS) is 17.0. The first-order valence-corrected chi connectivity index (χ1v) is 7.62. The van der Waals surface area contributed by atoms with E-state index in [1.807, 2.05) is 12.1 Å². The monoisotopic (exact) mass is 315 g/mol. The van der Waals surface area contributed by atoms with Gasteiger partial charge in [-0.1, -0.05) is 6.07 Å². The van der Waals surface area contributed by atoms with Crippen LogP contribution in [0, 0.1) is 5.82 Å². The second kappa shape index (κ2) is 7.24. The van der Waals surface area contributed by atoms with Gasteiger partial charge in [-0.2, -0.15) is 0 Å². The lowest BCUT2D eigenvalue weighted by atomic mass is 10.2. The molecule has 0 spiro atoms. The Kier molecular flexibility index (Phi) is 4.88. The molecule has 1 aliphatic rings. The summed E-state index contributed by atoms with van der Waals surface area (Å²) in [6.07, 6.45) is 2.23. The topological polar surface area (TPSA) is 47.6 Å². The molecule has 1 heterocycles. The maximum Gasteiger partial charge on any atom is 0.255 e. The van der Waals surface area contributed by atoms with Gasteiger partial charge in [0.2, 0.25) is 0 Å². The van der Waals surface area contributed by atoms with Crippen LogP contribution in [-0.2, 0) is 4.74 Å². The molecule has 2 aromatic rings. The van der Waals surface area contributed by atoms with Gasteiger partial charge >= 0.3 is 0 Å². The maximum atomic E-state index is 12.9. The molecule has 1 N–H and O–H groups in total. The highest BCUT2D eigenvalue weighted by atomic mass is 19.1. The molecule has 0 radical (unpaired) electrons. The number of ether oxygens (including phenoxy) is 2. The van der Waals surface area contributed by atoms with Crippen LogP contribution < -0.4 is 10.1 Å². The van der Waals surface area contributed by atoms with E-state index >= 15 is 0 Å². The number of nitrogens with one attached hydrogen (secondary N) is 1. The number of hydrogen-bond acceptors (Lipinski definition) is 3. The lowest BCUT2D eigenvalue weighted by Gasteiger charge is -2.12. The Morgan fingerprint density at radius 3 is 2.83 bits per heavy atom. The molecule has 0 aliphatic carbocycles. The van der Waals surface area contributed by atoms with Gasteiger partial charge in [-0.25, -0.2) is 4.39 Å². The Hall–Kier alpha value is -2.40. The molecule has 0 aromatic heterocycles. The summed E-state index contributed by atoms with van der Waals surface area (Å²) in [4.78, 5) is 12.1. The summed E-state index contributed by atoms with van der Waals surface area (Å²) in [7, 11) is 0. The molecule has 0 unspecified atom stereocenters. The molecular formula is C18H18FNO3. The fraction of sp³-hybridized carbons (Fsp3) is 0.278. The van der Waals surface area contributed by atoms with Gasteiger partial charge in [-0.05, 0) is 49.2 Å². The summed E-state index contributed by atoms with van der Waals surface area (Å²) < 4.78 is 24.1. The first kappa shape index (κ1) is 15.5. The van der Waals surface area contributed by atoms with Gasteiger partial charge in [0, 0.05) is 23.9 Å². The van der Waals surface area contributed by atoms with E-state index in [2.05, 4.69) is 5.32 Å². The maximum absolute atomic E-state index is 12.9. The van der Waals surface area contributed by atoms with Gasteiger partial charge in [0.05, 0.1) is 6.10 Å². The summed E-state index contributed by atoms with van der Waals surface area (Å²) in [6.45, 7) is 1.30. The van der Waals surface area contributed by atoms with Crippen molar-refractivity contribution in [1.29, 1.82) is 0 Å². The lowest BCUT2D eigenvalue weighted by Crippen LogP contribution is -2.16. The molecule has 0 saturated carbocycles. The number of carbonyl (C=O) groups excluding carboxylic acids is 1. The highest BCUT2D eigenvalue weighted by Gasteiger charge is 2.16. The van der Waals surface area contributed by atoms with Gasteiger partial charge in [-0.3, -0.25) is 4.79 Å². The number of halogens is 1. The van der Waals surface area contributed by atoms with Crippen molar-refractivity contribution in [3.63, 3.8) is 0 Å². The van der Waals surface area contributed by atoms with Crippen LogP contribution in [0.15, 0.2) is 48.5 Å². The zero-order valence-corrected chi connectivity index (χ0v) is 12.6. The lowest BCUT2D eigenvalue weighted by molar-refractivity contribution is 0.0680. The fourth-order valence-electron chi connectivity index (χ4n) is 2.43. The zero-order valence-electron chi connectivity index (χ0n) is 12.6. The van der Waals surface area contributed by atoms with Crippen LogP contribution in [-0.4, -0.2) is 25.2 Å². The average molecular weight is 315 g/mol. The predicted octanol–water partition coefficient (Wildman–Crippen LogP) is 3.64. The smallest absolute Gasteiger partial charge is 0.255 e. The Bertz CT molecular complexity index is 666. The van der Waals surface area contributed by atoms with E-state index in [1.54, 1.807) is 12.1 Å². The Morgan fingerprint density at radius 2 is 2.09 bits per heavy atom. The molecule has 1 aliphatic heterocycles. The zero-order chi connectivity index (χ0) is 16.1. The number of carbonyl (C=O) groups is 1. The molecule has 120 valence electrons. The van der Waals surface area contributed by atoms with Crippen molar-refractivity contribution >= 4 is 11.6 Å². The van der Waals surface area contributed by atoms with Crippen LogP contribution in [0.5, 0.6) is 5.75 Å². The number of benzene rings is 2. The number of hydrogen-bond donors (Lipinski definition) is 1. The minimum atomic E-state index is -0.369.